The number of amides is 1. The number of nitrogens with zero attached hydrogens (tertiary/aromatic N) is 4. The van der Waals surface area contributed by atoms with E-state index in [0.29, 0.717) is 37.4 Å². The van der Waals surface area contributed by atoms with Crippen molar-refractivity contribution in [2.24, 2.45) is 0 Å². The Balaban J connectivity index is 1.46. The first kappa shape index (κ1) is 20.9. The van der Waals surface area contributed by atoms with Gasteiger partial charge in [-0.15, -0.1) is 10.2 Å². The van der Waals surface area contributed by atoms with Crippen molar-refractivity contribution in [3.05, 3.63) is 68.8 Å². The molecule has 2 aliphatic heterocycles. The third-order valence-corrected chi connectivity index (χ3v) is 7.14. The molecule has 2 aliphatic rings. The topological polar surface area (TPSA) is 119 Å². The number of ether oxygens (including phenoxy) is 1. The van der Waals surface area contributed by atoms with Crippen LogP contribution in [0.5, 0.6) is 0 Å². The zero-order valence-electron chi connectivity index (χ0n) is 19.0. The van der Waals surface area contributed by atoms with Crippen molar-refractivity contribution >= 4 is 28.3 Å². The average Bonchev–Trinajstić information content (AvgIpc) is 3.30. The molecule has 0 radical (unpaired) electrons. The first-order valence-corrected chi connectivity index (χ1v) is 11.7. The molecular formula is C25H26N6O3. The summed E-state index contributed by atoms with van der Waals surface area (Å²) in [5, 5.41) is 8.56. The lowest BCUT2D eigenvalue weighted by molar-refractivity contribution is 0.0734. The highest BCUT2D eigenvalue weighted by molar-refractivity contribution is 5.99. The standard InChI is InChI=1S/C25H26N6O3/c1-14-11-20-21(31-22(16-6-9-34-10-7-16)28-29-23(31)24(32)27-20)12-17(14)25(33)30-8-5-15-3-2-4-19(26)18(15)13-30/h2-4,11-12,16H,5-10,13,26H2,1H3,(H,27,32). The molecule has 4 aromatic rings. The number of nitrogens with two attached hydrogens (primary N) is 1. The van der Waals surface area contributed by atoms with Gasteiger partial charge in [-0.25, -0.2) is 0 Å². The summed E-state index contributed by atoms with van der Waals surface area (Å²) in [4.78, 5) is 31.2. The lowest BCUT2D eigenvalue weighted by Crippen LogP contribution is -2.36. The molecule has 1 amide bonds. The van der Waals surface area contributed by atoms with Crippen LogP contribution in [0.3, 0.4) is 0 Å². The highest BCUT2D eigenvalue weighted by atomic mass is 16.5. The largest absolute Gasteiger partial charge is 0.398 e. The van der Waals surface area contributed by atoms with Crippen LogP contribution in [0.1, 0.15) is 51.6 Å². The van der Waals surface area contributed by atoms with Crippen LogP contribution >= 0.6 is 0 Å². The van der Waals surface area contributed by atoms with Crippen LogP contribution in [-0.2, 0) is 17.7 Å². The Morgan fingerprint density at radius 2 is 2.03 bits per heavy atom. The number of aryl methyl sites for hydroxylation is 1. The molecule has 0 bridgehead atoms. The molecule has 174 valence electrons. The summed E-state index contributed by atoms with van der Waals surface area (Å²) in [6, 6.07) is 9.65. The van der Waals surface area contributed by atoms with E-state index in [1.54, 1.807) is 0 Å². The Hall–Kier alpha value is -3.72. The smallest absolute Gasteiger partial charge is 0.294 e. The lowest BCUT2D eigenvalue weighted by Gasteiger charge is -2.30. The van der Waals surface area contributed by atoms with Crippen molar-refractivity contribution in [1.82, 2.24) is 24.5 Å². The van der Waals surface area contributed by atoms with Gasteiger partial charge in [0.1, 0.15) is 5.82 Å². The van der Waals surface area contributed by atoms with Gasteiger partial charge in [0, 0.05) is 43.5 Å². The predicted octanol–water partition coefficient (Wildman–Crippen LogP) is 2.55. The van der Waals surface area contributed by atoms with Gasteiger partial charge in [-0.05, 0) is 61.1 Å². The second-order valence-corrected chi connectivity index (χ2v) is 9.20. The third kappa shape index (κ3) is 3.27. The van der Waals surface area contributed by atoms with Gasteiger partial charge in [-0.1, -0.05) is 12.1 Å². The van der Waals surface area contributed by atoms with Crippen LogP contribution in [0.15, 0.2) is 35.1 Å². The molecule has 34 heavy (non-hydrogen) atoms. The first-order chi connectivity index (χ1) is 16.5. The molecule has 0 unspecified atom stereocenters. The number of benzene rings is 2. The summed E-state index contributed by atoms with van der Waals surface area (Å²) in [7, 11) is 0. The Morgan fingerprint density at radius 3 is 2.85 bits per heavy atom. The molecule has 9 heteroatoms. The normalized spacial score (nSPS) is 16.8. The van der Waals surface area contributed by atoms with Gasteiger partial charge in [0.15, 0.2) is 0 Å². The van der Waals surface area contributed by atoms with Crippen LogP contribution in [0.25, 0.3) is 16.7 Å². The Kier molecular flexibility index (Phi) is 4.88. The maximum absolute atomic E-state index is 13.7. The van der Waals surface area contributed by atoms with Crippen LogP contribution in [-0.4, -0.2) is 50.1 Å². The van der Waals surface area contributed by atoms with E-state index in [1.807, 2.05) is 40.5 Å². The molecule has 3 N–H and O–H groups in total. The predicted molar refractivity (Wildman–Crippen MR) is 128 cm³/mol. The van der Waals surface area contributed by atoms with Gasteiger partial charge >= 0.3 is 0 Å². The highest BCUT2D eigenvalue weighted by Gasteiger charge is 2.27. The number of aromatic amines is 1. The Morgan fingerprint density at radius 1 is 1.21 bits per heavy atom. The van der Waals surface area contributed by atoms with Crippen molar-refractivity contribution in [3.63, 3.8) is 0 Å². The second kappa shape index (κ2) is 7.95. The summed E-state index contributed by atoms with van der Waals surface area (Å²) in [6.07, 6.45) is 2.42. The van der Waals surface area contributed by atoms with E-state index in [1.165, 1.54) is 5.56 Å². The third-order valence-electron chi connectivity index (χ3n) is 7.14. The lowest BCUT2D eigenvalue weighted by atomic mass is 9.97. The summed E-state index contributed by atoms with van der Waals surface area (Å²) in [5.41, 5.74) is 11.9. The zero-order valence-corrected chi connectivity index (χ0v) is 19.0. The molecule has 0 saturated carbocycles. The molecular weight excluding hydrogens is 432 g/mol. The van der Waals surface area contributed by atoms with E-state index in [9.17, 15) is 9.59 Å². The van der Waals surface area contributed by atoms with Gasteiger partial charge in [0.2, 0.25) is 5.65 Å². The number of nitrogens with one attached hydrogen (secondary N) is 1. The van der Waals surface area contributed by atoms with E-state index in [0.717, 1.165) is 47.4 Å². The molecule has 1 fully saturated rings. The average molecular weight is 459 g/mol. The van der Waals surface area contributed by atoms with Gasteiger partial charge in [-0.3, -0.25) is 14.0 Å². The summed E-state index contributed by atoms with van der Waals surface area (Å²) < 4.78 is 7.33. The van der Waals surface area contributed by atoms with Crippen molar-refractivity contribution < 1.29 is 9.53 Å². The molecule has 1 saturated heterocycles. The second-order valence-electron chi connectivity index (χ2n) is 9.20. The maximum Gasteiger partial charge on any atom is 0.294 e. The molecule has 4 heterocycles. The number of carbonyl (C=O) groups excluding carboxylic acids is 1. The molecule has 0 aliphatic carbocycles. The number of aromatic nitrogens is 4. The van der Waals surface area contributed by atoms with E-state index >= 15 is 0 Å². The van der Waals surface area contributed by atoms with Crippen LogP contribution in [0.4, 0.5) is 5.69 Å². The highest BCUT2D eigenvalue weighted by Crippen LogP contribution is 2.30. The fourth-order valence-corrected chi connectivity index (χ4v) is 5.24. The summed E-state index contributed by atoms with van der Waals surface area (Å²) in [5.74, 6) is 0.848. The minimum Gasteiger partial charge on any atom is -0.398 e. The van der Waals surface area contributed by atoms with Crippen LogP contribution < -0.4 is 11.3 Å². The number of rotatable bonds is 2. The zero-order chi connectivity index (χ0) is 23.4. The number of hydrogen-bond acceptors (Lipinski definition) is 6. The van der Waals surface area contributed by atoms with E-state index in [2.05, 4.69) is 21.2 Å². The number of fused-ring (bicyclic) bond motifs is 4. The quantitative estimate of drug-likeness (QED) is 0.446. The Labute approximate surface area is 195 Å². The maximum atomic E-state index is 13.7. The first-order valence-electron chi connectivity index (χ1n) is 11.7. The Bertz CT molecular complexity index is 1500. The summed E-state index contributed by atoms with van der Waals surface area (Å²) in [6.45, 7) is 4.33. The van der Waals surface area contributed by atoms with Crippen molar-refractivity contribution in [2.75, 3.05) is 25.5 Å². The number of carbonyl (C=O) groups is 1. The molecule has 9 nitrogen and oxygen atoms in total. The number of hydrogen-bond donors (Lipinski definition) is 2. The molecule has 0 spiro atoms. The number of nitrogen functional groups attached to an aromatic ring is 1. The van der Waals surface area contributed by atoms with Gasteiger partial charge in [0.25, 0.3) is 11.5 Å². The summed E-state index contributed by atoms with van der Waals surface area (Å²) >= 11 is 0. The molecule has 2 aromatic carbocycles. The van der Waals surface area contributed by atoms with Gasteiger partial charge < -0.3 is 20.4 Å². The number of anilines is 1. The minimum atomic E-state index is -0.292. The minimum absolute atomic E-state index is 0.0478. The SMILES string of the molecule is Cc1cc2[nH]c(=O)c3nnc(C4CCOCC4)n3c2cc1C(=O)N1CCc2cccc(N)c2C1. The van der Waals surface area contributed by atoms with Crippen LogP contribution in [0.2, 0.25) is 0 Å². The van der Waals surface area contributed by atoms with Gasteiger partial charge in [0.05, 0.1) is 11.0 Å². The fraction of sp³-hybridized carbons (Fsp3) is 0.360. The van der Waals surface area contributed by atoms with E-state index in [-0.39, 0.29) is 23.0 Å². The van der Waals surface area contributed by atoms with E-state index < -0.39 is 0 Å². The van der Waals surface area contributed by atoms with Crippen molar-refractivity contribution in [1.29, 1.82) is 0 Å². The molecule has 2 aromatic heterocycles. The number of H-pyrrole nitrogens is 1. The molecule has 6 rings (SSSR count). The van der Waals surface area contributed by atoms with Crippen molar-refractivity contribution in [2.45, 2.75) is 38.6 Å². The van der Waals surface area contributed by atoms with Crippen LogP contribution in [0, 0.1) is 6.92 Å². The fourth-order valence-electron chi connectivity index (χ4n) is 5.24. The monoisotopic (exact) mass is 458 g/mol. The molecule has 0 atom stereocenters. The van der Waals surface area contributed by atoms with Gasteiger partial charge in [-0.2, -0.15) is 0 Å². The van der Waals surface area contributed by atoms with E-state index in [4.69, 9.17) is 10.5 Å². The van der Waals surface area contributed by atoms with Crippen molar-refractivity contribution in [3.8, 4) is 0 Å².